The van der Waals surface area contributed by atoms with Gasteiger partial charge in [0.15, 0.2) is 0 Å². The van der Waals surface area contributed by atoms with E-state index < -0.39 is 0 Å². The first-order valence-corrected chi connectivity index (χ1v) is 7.66. The highest BCUT2D eigenvalue weighted by molar-refractivity contribution is 9.10. The first kappa shape index (κ1) is 15.0. The number of ether oxygens (including phenoxy) is 1. The van der Waals surface area contributed by atoms with Crippen LogP contribution in [0.1, 0.15) is 18.9 Å². The highest BCUT2D eigenvalue weighted by Crippen LogP contribution is 2.27. The predicted octanol–water partition coefficient (Wildman–Crippen LogP) is 3.69. The molecule has 1 aromatic rings. The minimum atomic E-state index is 0.758. The average Bonchev–Trinajstić information content (AvgIpc) is 2.34. The van der Waals surface area contributed by atoms with Crippen molar-refractivity contribution in [2.75, 3.05) is 26.0 Å². The molecule has 2 nitrogen and oxygen atoms in total. The number of hydrogen-bond acceptors (Lipinski definition) is 3. The van der Waals surface area contributed by atoms with Crippen molar-refractivity contribution in [3.05, 3.63) is 28.2 Å². The average molecular weight is 318 g/mol. The number of thioether (sulfide) groups is 1. The summed E-state index contributed by atoms with van der Waals surface area (Å²) in [6, 6.07) is 6.48. The van der Waals surface area contributed by atoms with E-state index in [0.717, 1.165) is 24.2 Å². The van der Waals surface area contributed by atoms with Gasteiger partial charge in [0.25, 0.3) is 0 Å². The third-order valence-corrected chi connectivity index (χ3v) is 4.09. The van der Waals surface area contributed by atoms with E-state index in [0.29, 0.717) is 0 Å². The summed E-state index contributed by atoms with van der Waals surface area (Å²) in [5, 5.41) is 3.39. The molecule has 0 bridgehead atoms. The Balaban J connectivity index is 2.55. The molecule has 1 aromatic carbocycles. The predicted molar refractivity (Wildman–Crippen MR) is 78.7 cm³/mol. The standard InChI is InChI=1S/C13H20BrNOS/c1-3-8-17-13-9-12(14)5-4-11(13)10-15-6-7-16-2/h4-5,9,15H,3,6-8,10H2,1-2H3. The Hall–Kier alpha value is -0.0300. The van der Waals surface area contributed by atoms with Crippen molar-refractivity contribution in [1.29, 1.82) is 0 Å². The van der Waals surface area contributed by atoms with Gasteiger partial charge in [-0.3, -0.25) is 0 Å². The molecule has 0 aromatic heterocycles. The number of methoxy groups -OCH3 is 1. The Morgan fingerprint density at radius 3 is 2.94 bits per heavy atom. The van der Waals surface area contributed by atoms with Gasteiger partial charge in [0.1, 0.15) is 0 Å². The van der Waals surface area contributed by atoms with E-state index in [-0.39, 0.29) is 0 Å². The van der Waals surface area contributed by atoms with E-state index >= 15 is 0 Å². The Morgan fingerprint density at radius 2 is 2.24 bits per heavy atom. The molecule has 4 heteroatoms. The van der Waals surface area contributed by atoms with Crippen LogP contribution in [-0.4, -0.2) is 26.0 Å². The number of benzene rings is 1. The first-order chi connectivity index (χ1) is 8.27. The van der Waals surface area contributed by atoms with Gasteiger partial charge in [-0.1, -0.05) is 28.9 Å². The van der Waals surface area contributed by atoms with Gasteiger partial charge >= 0.3 is 0 Å². The molecule has 17 heavy (non-hydrogen) atoms. The second kappa shape index (κ2) is 8.97. The molecule has 0 radical (unpaired) electrons. The van der Waals surface area contributed by atoms with Crippen LogP contribution < -0.4 is 5.32 Å². The Labute approximate surface area is 117 Å². The molecule has 0 fully saturated rings. The number of hydrogen-bond donors (Lipinski definition) is 1. The third-order valence-electron chi connectivity index (χ3n) is 2.29. The minimum absolute atomic E-state index is 0.758. The van der Waals surface area contributed by atoms with Gasteiger partial charge in [-0.15, -0.1) is 11.8 Å². The number of halogens is 1. The lowest BCUT2D eigenvalue weighted by atomic mass is 10.2. The monoisotopic (exact) mass is 317 g/mol. The van der Waals surface area contributed by atoms with Gasteiger partial charge in [0.05, 0.1) is 6.61 Å². The molecule has 0 saturated carbocycles. The van der Waals surface area contributed by atoms with Gasteiger partial charge < -0.3 is 10.1 Å². The minimum Gasteiger partial charge on any atom is -0.383 e. The Bertz CT molecular complexity index is 333. The van der Waals surface area contributed by atoms with Crippen LogP contribution in [0.5, 0.6) is 0 Å². The fraction of sp³-hybridized carbons (Fsp3) is 0.538. The van der Waals surface area contributed by atoms with Crippen LogP contribution in [0.4, 0.5) is 0 Å². The van der Waals surface area contributed by atoms with Crippen LogP contribution in [-0.2, 0) is 11.3 Å². The topological polar surface area (TPSA) is 21.3 Å². The van der Waals surface area contributed by atoms with Crippen molar-refractivity contribution < 1.29 is 4.74 Å². The van der Waals surface area contributed by atoms with Crippen LogP contribution in [0.2, 0.25) is 0 Å². The summed E-state index contributed by atoms with van der Waals surface area (Å²) in [7, 11) is 1.73. The fourth-order valence-corrected chi connectivity index (χ4v) is 2.89. The lowest BCUT2D eigenvalue weighted by molar-refractivity contribution is 0.199. The Morgan fingerprint density at radius 1 is 1.41 bits per heavy atom. The molecule has 0 saturated heterocycles. The van der Waals surface area contributed by atoms with Crippen molar-refractivity contribution in [3.63, 3.8) is 0 Å². The van der Waals surface area contributed by atoms with E-state index in [1.54, 1.807) is 7.11 Å². The molecular weight excluding hydrogens is 298 g/mol. The molecule has 0 amide bonds. The van der Waals surface area contributed by atoms with Crippen LogP contribution in [0, 0.1) is 0 Å². The Kier molecular flexibility index (Phi) is 7.93. The van der Waals surface area contributed by atoms with E-state index in [9.17, 15) is 0 Å². The number of nitrogens with one attached hydrogen (secondary N) is 1. The summed E-state index contributed by atoms with van der Waals surface area (Å²) >= 11 is 5.45. The zero-order valence-electron chi connectivity index (χ0n) is 10.5. The molecule has 1 rings (SSSR count). The van der Waals surface area contributed by atoms with Crippen LogP contribution >= 0.6 is 27.7 Å². The molecule has 0 aliphatic rings. The smallest absolute Gasteiger partial charge is 0.0587 e. The molecule has 0 aliphatic carbocycles. The maximum absolute atomic E-state index is 5.02. The summed E-state index contributed by atoms with van der Waals surface area (Å²) in [6.45, 7) is 4.77. The second-order valence-corrected chi connectivity index (χ2v) is 5.82. The van der Waals surface area contributed by atoms with Crippen molar-refractivity contribution >= 4 is 27.7 Å². The quantitative estimate of drug-likeness (QED) is 0.583. The maximum Gasteiger partial charge on any atom is 0.0587 e. The second-order valence-electron chi connectivity index (χ2n) is 3.77. The summed E-state index contributed by atoms with van der Waals surface area (Å²) in [4.78, 5) is 1.37. The first-order valence-electron chi connectivity index (χ1n) is 5.88. The molecule has 1 N–H and O–H groups in total. The highest BCUT2D eigenvalue weighted by atomic mass is 79.9. The van der Waals surface area contributed by atoms with E-state index in [2.05, 4.69) is 46.4 Å². The van der Waals surface area contributed by atoms with Crippen LogP contribution in [0.15, 0.2) is 27.6 Å². The van der Waals surface area contributed by atoms with Gasteiger partial charge in [0.2, 0.25) is 0 Å². The molecule has 0 heterocycles. The summed E-state index contributed by atoms with van der Waals surface area (Å²) in [6.07, 6.45) is 1.20. The van der Waals surface area contributed by atoms with Gasteiger partial charge in [-0.05, 0) is 29.9 Å². The molecule has 0 unspecified atom stereocenters. The van der Waals surface area contributed by atoms with Gasteiger partial charge in [-0.2, -0.15) is 0 Å². The lowest BCUT2D eigenvalue weighted by Gasteiger charge is -2.10. The third kappa shape index (κ3) is 5.91. The molecular formula is C13H20BrNOS. The van der Waals surface area contributed by atoms with Crippen molar-refractivity contribution in [3.8, 4) is 0 Å². The zero-order chi connectivity index (χ0) is 12.5. The normalized spacial score (nSPS) is 10.8. The lowest BCUT2D eigenvalue weighted by Crippen LogP contribution is -2.18. The summed E-state index contributed by atoms with van der Waals surface area (Å²) in [5.74, 6) is 1.17. The molecule has 0 aliphatic heterocycles. The number of rotatable bonds is 8. The van der Waals surface area contributed by atoms with E-state index in [1.807, 2.05) is 11.8 Å². The van der Waals surface area contributed by atoms with Crippen molar-refractivity contribution in [1.82, 2.24) is 5.32 Å². The molecule has 0 atom stereocenters. The highest BCUT2D eigenvalue weighted by Gasteiger charge is 2.03. The molecule has 96 valence electrons. The van der Waals surface area contributed by atoms with Crippen LogP contribution in [0.25, 0.3) is 0 Å². The van der Waals surface area contributed by atoms with Crippen molar-refractivity contribution in [2.24, 2.45) is 0 Å². The van der Waals surface area contributed by atoms with Crippen molar-refractivity contribution in [2.45, 2.75) is 24.8 Å². The van der Waals surface area contributed by atoms with E-state index in [4.69, 9.17) is 4.74 Å². The van der Waals surface area contributed by atoms with Gasteiger partial charge in [0, 0.05) is 29.6 Å². The summed E-state index contributed by atoms with van der Waals surface area (Å²) < 4.78 is 6.17. The zero-order valence-corrected chi connectivity index (χ0v) is 12.9. The fourth-order valence-electron chi connectivity index (χ4n) is 1.42. The SMILES string of the molecule is CCCSc1cc(Br)ccc1CNCCOC. The maximum atomic E-state index is 5.02. The van der Waals surface area contributed by atoms with Crippen LogP contribution in [0.3, 0.4) is 0 Å². The van der Waals surface area contributed by atoms with Gasteiger partial charge in [-0.25, -0.2) is 0 Å². The van der Waals surface area contributed by atoms with E-state index in [1.165, 1.54) is 22.6 Å². The largest absolute Gasteiger partial charge is 0.383 e. The molecule has 0 spiro atoms. The summed E-state index contributed by atoms with van der Waals surface area (Å²) in [5.41, 5.74) is 1.36.